The van der Waals surface area contributed by atoms with E-state index >= 15 is 0 Å². The molecule has 2 atom stereocenters. The minimum Gasteiger partial charge on any atom is -0.338 e. The molecule has 0 amide bonds. The van der Waals surface area contributed by atoms with Gasteiger partial charge in [0.05, 0.1) is 12.6 Å². The Morgan fingerprint density at radius 3 is 2.65 bits per heavy atom. The Morgan fingerprint density at radius 1 is 1.25 bits per heavy atom. The van der Waals surface area contributed by atoms with Crippen molar-refractivity contribution in [3.05, 3.63) is 30.2 Å². The standard InChI is InChI=1S/C14H19N5O/c1-10-16-14(20-17-10)9-18-11-3-4-12(18)8-13(7-11)19-6-2-5-15-19/h2,5-6,11-13H,3-4,7-9H2,1H3. The van der Waals surface area contributed by atoms with Crippen LogP contribution in [0.2, 0.25) is 0 Å². The molecule has 0 aliphatic carbocycles. The number of hydrogen-bond donors (Lipinski definition) is 0. The van der Waals surface area contributed by atoms with Gasteiger partial charge in [0.15, 0.2) is 5.82 Å². The monoisotopic (exact) mass is 273 g/mol. The smallest absolute Gasteiger partial charge is 0.240 e. The zero-order valence-electron chi connectivity index (χ0n) is 11.6. The average molecular weight is 273 g/mol. The number of hydrogen-bond acceptors (Lipinski definition) is 5. The van der Waals surface area contributed by atoms with Crippen molar-refractivity contribution in [3.8, 4) is 0 Å². The van der Waals surface area contributed by atoms with Gasteiger partial charge in [0.25, 0.3) is 0 Å². The number of aryl methyl sites for hydroxylation is 1. The molecule has 0 aromatic carbocycles. The van der Waals surface area contributed by atoms with E-state index in [1.54, 1.807) is 0 Å². The van der Waals surface area contributed by atoms with Gasteiger partial charge in [-0.3, -0.25) is 9.58 Å². The number of rotatable bonds is 3. The lowest BCUT2D eigenvalue weighted by Crippen LogP contribution is -2.43. The molecule has 0 N–H and O–H groups in total. The van der Waals surface area contributed by atoms with Gasteiger partial charge in [-0.15, -0.1) is 0 Å². The van der Waals surface area contributed by atoms with Crippen LogP contribution in [0.4, 0.5) is 0 Å². The summed E-state index contributed by atoms with van der Waals surface area (Å²) in [6.07, 6.45) is 8.85. The van der Waals surface area contributed by atoms with Crippen LogP contribution in [-0.2, 0) is 6.54 Å². The van der Waals surface area contributed by atoms with Crippen LogP contribution < -0.4 is 0 Å². The molecule has 2 aliphatic heterocycles. The molecule has 2 aliphatic rings. The summed E-state index contributed by atoms with van der Waals surface area (Å²) in [5.41, 5.74) is 0. The molecule has 0 saturated carbocycles. The number of fused-ring (bicyclic) bond motifs is 2. The number of aromatic nitrogens is 4. The quantitative estimate of drug-likeness (QED) is 0.855. The molecule has 106 valence electrons. The normalized spacial score (nSPS) is 29.9. The molecule has 4 rings (SSSR count). The van der Waals surface area contributed by atoms with Crippen LogP contribution in [0.5, 0.6) is 0 Å². The summed E-state index contributed by atoms with van der Waals surface area (Å²) in [7, 11) is 0. The Bertz CT molecular complexity index is 564. The van der Waals surface area contributed by atoms with Crippen molar-refractivity contribution >= 4 is 0 Å². The summed E-state index contributed by atoms with van der Waals surface area (Å²) in [4.78, 5) is 6.88. The van der Waals surface area contributed by atoms with E-state index in [0.29, 0.717) is 18.1 Å². The van der Waals surface area contributed by atoms with E-state index in [-0.39, 0.29) is 0 Å². The van der Waals surface area contributed by atoms with Gasteiger partial charge in [-0.2, -0.15) is 10.1 Å². The first-order valence-electron chi connectivity index (χ1n) is 7.33. The molecule has 6 heteroatoms. The molecule has 2 aromatic heterocycles. The Labute approximate surface area is 117 Å². The van der Waals surface area contributed by atoms with Crippen LogP contribution in [0.1, 0.15) is 43.4 Å². The van der Waals surface area contributed by atoms with E-state index in [4.69, 9.17) is 4.52 Å². The lowest BCUT2D eigenvalue weighted by Gasteiger charge is -2.38. The van der Waals surface area contributed by atoms with Gasteiger partial charge < -0.3 is 4.52 Å². The summed E-state index contributed by atoms with van der Waals surface area (Å²) < 4.78 is 7.39. The predicted octanol–water partition coefficient (Wildman–Crippen LogP) is 1.94. The zero-order chi connectivity index (χ0) is 13.5. The minimum absolute atomic E-state index is 0.545. The van der Waals surface area contributed by atoms with Gasteiger partial charge in [0, 0.05) is 24.5 Å². The maximum absolute atomic E-state index is 5.27. The third kappa shape index (κ3) is 2.04. The molecule has 2 unspecified atom stereocenters. The number of nitrogens with zero attached hydrogens (tertiary/aromatic N) is 5. The van der Waals surface area contributed by atoms with Gasteiger partial charge in [0.2, 0.25) is 5.89 Å². The second-order valence-corrected chi connectivity index (χ2v) is 5.90. The summed E-state index contributed by atoms with van der Waals surface area (Å²) in [5.74, 6) is 1.47. The first kappa shape index (κ1) is 12.1. The van der Waals surface area contributed by atoms with Crippen LogP contribution in [0, 0.1) is 6.92 Å². The van der Waals surface area contributed by atoms with Gasteiger partial charge in [-0.1, -0.05) is 5.16 Å². The lowest BCUT2D eigenvalue weighted by atomic mass is 9.97. The summed E-state index contributed by atoms with van der Waals surface area (Å²) in [6, 6.07) is 3.80. The Hall–Kier alpha value is -1.69. The van der Waals surface area contributed by atoms with Gasteiger partial charge in [-0.25, -0.2) is 0 Å². The predicted molar refractivity (Wildman–Crippen MR) is 71.9 cm³/mol. The molecule has 2 bridgehead atoms. The SMILES string of the molecule is Cc1noc(CN2C3CCC2CC(n2cccn2)C3)n1. The van der Waals surface area contributed by atoms with Gasteiger partial charge in [-0.05, 0) is 38.7 Å². The third-order valence-corrected chi connectivity index (χ3v) is 4.65. The maximum atomic E-state index is 5.27. The molecular formula is C14H19N5O. The maximum Gasteiger partial charge on any atom is 0.240 e. The van der Waals surface area contributed by atoms with E-state index in [1.165, 1.54) is 25.7 Å². The van der Waals surface area contributed by atoms with Crippen molar-refractivity contribution < 1.29 is 4.52 Å². The first-order chi connectivity index (χ1) is 9.79. The average Bonchev–Trinajstić information content (AvgIpc) is 3.13. The van der Waals surface area contributed by atoms with Crippen LogP contribution in [0.3, 0.4) is 0 Å². The van der Waals surface area contributed by atoms with E-state index in [1.807, 2.05) is 19.2 Å². The van der Waals surface area contributed by atoms with Gasteiger partial charge >= 0.3 is 0 Å². The lowest BCUT2D eigenvalue weighted by molar-refractivity contribution is 0.0838. The van der Waals surface area contributed by atoms with Crippen LogP contribution in [0.25, 0.3) is 0 Å². The zero-order valence-corrected chi connectivity index (χ0v) is 11.6. The van der Waals surface area contributed by atoms with Crippen LogP contribution in [0.15, 0.2) is 23.0 Å². The van der Waals surface area contributed by atoms with Crippen molar-refractivity contribution in [2.75, 3.05) is 0 Å². The summed E-state index contributed by atoms with van der Waals surface area (Å²) in [5, 5.41) is 8.29. The fraction of sp³-hybridized carbons (Fsp3) is 0.643. The molecule has 20 heavy (non-hydrogen) atoms. The molecule has 4 heterocycles. The van der Waals surface area contributed by atoms with Crippen molar-refractivity contribution in [1.29, 1.82) is 0 Å². The molecule has 2 aromatic rings. The van der Waals surface area contributed by atoms with Crippen molar-refractivity contribution in [2.45, 2.75) is 57.3 Å². The topological polar surface area (TPSA) is 60.0 Å². The molecular weight excluding hydrogens is 254 g/mol. The Kier molecular flexibility index (Phi) is 2.84. The van der Waals surface area contributed by atoms with E-state index in [2.05, 4.69) is 31.0 Å². The molecule has 2 saturated heterocycles. The summed E-state index contributed by atoms with van der Waals surface area (Å²) >= 11 is 0. The van der Waals surface area contributed by atoms with E-state index < -0.39 is 0 Å². The second kappa shape index (κ2) is 4.70. The van der Waals surface area contributed by atoms with E-state index in [0.717, 1.165) is 18.3 Å². The highest BCUT2D eigenvalue weighted by atomic mass is 16.5. The molecule has 0 radical (unpaired) electrons. The van der Waals surface area contributed by atoms with Crippen LogP contribution >= 0.6 is 0 Å². The highest BCUT2D eigenvalue weighted by molar-refractivity contribution is 4.99. The first-order valence-corrected chi connectivity index (χ1v) is 7.33. The van der Waals surface area contributed by atoms with Gasteiger partial charge in [0.1, 0.15) is 0 Å². The fourth-order valence-electron chi connectivity index (χ4n) is 3.78. The molecule has 6 nitrogen and oxygen atoms in total. The Morgan fingerprint density at radius 2 is 2.05 bits per heavy atom. The van der Waals surface area contributed by atoms with Crippen molar-refractivity contribution in [1.82, 2.24) is 24.8 Å². The molecule has 2 fully saturated rings. The second-order valence-electron chi connectivity index (χ2n) is 5.90. The molecule has 0 spiro atoms. The fourth-order valence-corrected chi connectivity index (χ4v) is 3.78. The largest absolute Gasteiger partial charge is 0.338 e. The van der Waals surface area contributed by atoms with Crippen molar-refractivity contribution in [2.24, 2.45) is 0 Å². The highest BCUT2D eigenvalue weighted by Gasteiger charge is 2.41. The van der Waals surface area contributed by atoms with E-state index in [9.17, 15) is 0 Å². The Balaban J connectivity index is 1.49. The minimum atomic E-state index is 0.545. The number of piperidine rings is 1. The summed E-state index contributed by atoms with van der Waals surface area (Å²) in [6.45, 7) is 2.66. The van der Waals surface area contributed by atoms with Crippen LogP contribution in [-0.4, -0.2) is 36.9 Å². The third-order valence-electron chi connectivity index (χ3n) is 4.65. The highest BCUT2D eigenvalue weighted by Crippen LogP contribution is 2.41. The van der Waals surface area contributed by atoms with Crippen molar-refractivity contribution in [3.63, 3.8) is 0 Å².